The minimum atomic E-state index is -4.40. The average molecular weight is 724 g/mol. The van der Waals surface area contributed by atoms with Crippen molar-refractivity contribution in [2.24, 2.45) is 0 Å². The molecule has 5 aromatic carbocycles. The molecule has 1 atom stereocenters. The molecule has 0 aliphatic heterocycles. The molecule has 2 N–H and O–H groups in total. The summed E-state index contributed by atoms with van der Waals surface area (Å²) in [5.41, 5.74) is 6.29. The van der Waals surface area contributed by atoms with Gasteiger partial charge in [-0.1, -0.05) is 97.1 Å². The van der Waals surface area contributed by atoms with E-state index in [2.05, 4.69) is 58.6 Å². The summed E-state index contributed by atoms with van der Waals surface area (Å²) < 4.78 is 76.6. The standard InChI is InChI=1S/C19H15F2O2P.C13H10.C9H6F3N3/c20-16-11-10-14(18(21)13-16)12-15-6-4-5-9-19(15)24(22,23)17-7-2-1-3-8-17;1-3-7-12-10(5-1)9-11-6-2-4-8-13(11)12;10-9(11,12)8-5-7(14-15-8)6-3-1-2-4-13-6/h1-11,13H,12H2,(H,22,23);1-8H,9H2;1-5H,(H,14,15). The van der Waals surface area contributed by atoms with Crippen molar-refractivity contribution in [2.75, 3.05) is 0 Å². The summed E-state index contributed by atoms with van der Waals surface area (Å²) in [7, 11) is -3.79. The quantitative estimate of drug-likeness (QED) is 0.137. The highest BCUT2D eigenvalue weighted by molar-refractivity contribution is 7.73. The van der Waals surface area contributed by atoms with Crippen LogP contribution in [0.25, 0.3) is 22.5 Å². The van der Waals surface area contributed by atoms with Crippen LogP contribution < -0.4 is 10.6 Å². The van der Waals surface area contributed by atoms with Crippen LogP contribution in [0.1, 0.15) is 27.9 Å². The molecule has 2 aromatic heterocycles. The van der Waals surface area contributed by atoms with Gasteiger partial charge in [0.05, 0.1) is 5.69 Å². The maximum Gasteiger partial charge on any atom is 0.432 e. The molecule has 5 nitrogen and oxygen atoms in total. The molecule has 0 fully saturated rings. The van der Waals surface area contributed by atoms with E-state index < -0.39 is 30.9 Å². The second kappa shape index (κ2) is 15.7. The highest BCUT2D eigenvalue weighted by atomic mass is 31.2. The maximum absolute atomic E-state index is 13.9. The Hall–Kier alpha value is -5.70. The normalized spacial score (nSPS) is 12.7. The fraction of sp³-hybridized carbons (Fsp3) is 0.0732. The molecule has 262 valence electrons. The van der Waals surface area contributed by atoms with Gasteiger partial charge in [0, 0.05) is 29.3 Å². The zero-order valence-corrected chi connectivity index (χ0v) is 28.3. The van der Waals surface area contributed by atoms with Gasteiger partial charge in [-0.3, -0.25) is 14.6 Å². The van der Waals surface area contributed by atoms with Gasteiger partial charge >= 0.3 is 6.18 Å². The second-order valence-electron chi connectivity index (χ2n) is 11.8. The molecule has 11 heteroatoms. The van der Waals surface area contributed by atoms with Crippen molar-refractivity contribution in [1.29, 1.82) is 0 Å². The lowest BCUT2D eigenvalue weighted by Gasteiger charge is -2.16. The maximum atomic E-state index is 13.9. The molecule has 0 saturated heterocycles. The van der Waals surface area contributed by atoms with Gasteiger partial charge in [-0.15, -0.1) is 0 Å². The van der Waals surface area contributed by atoms with Crippen molar-refractivity contribution in [3.63, 3.8) is 0 Å². The third-order valence-corrected chi connectivity index (χ3v) is 10.4. The second-order valence-corrected chi connectivity index (χ2v) is 14.0. The van der Waals surface area contributed by atoms with Gasteiger partial charge in [0.2, 0.25) is 0 Å². The first-order chi connectivity index (χ1) is 25.0. The summed E-state index contributed by atoms with van der Waals surface area (Å²) in [4.78, 5) is 14.5. The number of nitrogens with one attached hydrogen (secondary N) is 1. The van der Waals surface area contributed by atoms with E-state index in [0.717, 1.165) is 18.6 Å². The molecular weight excluding hydrogens is 692 g/mol. The highest BCUT2D eigenvalue weighted by Gasteiger charge is 2.33. The van der Waals surface area contributed by atoms with Crippen LogP contribution in [0.5, 0.6) is 0 Å². The lowest BCUT2D eigenvalue weighted by atomic mass is 10.0. The number of alkyl halides is 3. The van der Waals surface area contributed by atoms with Gasteiger partial charge in [-0.05, 0) is 82.3 Å². The van der Waals surface area contributed by atoms with E-state index in [1.165, 1.54) is 40.6 Å². The van der Waals surface area contributed by atoms with Crippen molar-refractivity contribution < 1.29 is 31.4 Å². The van der Waals surface area contributed by atoms with E-state index in [-0.39, 0.29) is 23.0 Å². The summed E-state index contributed by atoms with van der Waals surface area (Å²) >= 11 is 0. The monoisotopic (exact) mass is 723 g/mol. The minimum Gasteiger partial charge on any atom is -0.338 e. The summed E-state index contributed by atoms with van der Waals surface area (Å²) in [6.45, 7) is 0. The summed E-state index contributed by atoms with van der Waals surface area (Å²) in [5, 5.41) is 6.06. The van der Waals surface area contributed by atoms with Crippen molar-refractivity contribution in [1.82, 2.24) is 15.2 Å². The Morgan fingerprint density at radius 2 is 1.29 bits per heavy atom. The van der Waals surface area contributed by atoms with E-state index in [4.69, 9.17) is 0 Å². The van der Waals surface area contributed by atoms with E-state index in [9.17, 15) is 31.4 Å². The first-order valence-electron chi connectivity index (χ1n) is 16.1. The van der Waals surface area contributed by atoms with E-state index in [1.54, 1.807) is 72.8 Å². The highest BCUT2D eigenvalue weighted by Crippen LogP contribution is 2.40. The first-order valence-corrected chi connectivity index (χ1v) is 17.8. The SMILES string of the molecule is FC(F)(F)c1cc(-c2ccccn2)n[nH]1.O=P(O)(c1ccccc1)c1ccccc1Cc1ccc(F)cc1F.c1ccc2c(c1)Cc1ccccc1-2. The van der Waals surface area contributed by atoms with Crippen LogP contribution in [-0.2, 0) is 23.6 Å². The van der Waals surface area contributed by atoms with Crippen molar-refractivity contribution in [3.8, 4) is 22.5 Å². The van der Waals surface area contributed by atoms with Gasteiger partial charge in [0.1, 0.15) is 23.0 Å². The average Bonchev–Trinajstić information content (AvgIpc) is 3.81. The third-order valence-electron chi connectivity index (χ3n) is 8.34. The van der Waals surface area contributed by atoms with E-state index in [1.807, 2.05) is 5.10 Å². The van der Waals surface area contributed by atoms with Crippen LogP contribution in [0.3, 0.4) is 0 Å². The fourth-order valence-corrected chi connectivity index (χ4v) is 7.47. The molecule has 2 heterocycles. The molecule has 1 unspecified atom stereocenters. The molecule has 1 aliphatic rings. The molecule has 0 radical (unpaired) electrons. The molecule has 1 aliphatic carbocycles. The number of benzene rings is 5. The topological polar surface area (TPSA) is 78.9 Å². The summed E-state index contributed by atoms with van der Waals surface area (Å²) in [6.07, 6.45) is -1.69. The van der Waals surface area contributed by atoms with Gasteiger partial charge in [0.25, 0.3) is 7.37 Å². The predicted molar refractivity (Wildman–Crippen MR) is 193 cm³/mol. The third kappa shape index (κ3) is 8.42. The molecule has 8 rings (SSSR count). The number of rotatable bonds is 5. The van der Waals surface area contributed by atoms with Crippen molar-refractivity contribution in [3.05, 3.63) is 191 Å². The minimum absolute atomic E-state index is 0.111. The Balaban J connectivity index is 0.000000142. The van der Waals surface area contributed by atoms with Crippen LogP contribution in [0.15, 0.2) is 152 Å². The molecule has 0 saturated carbocycles. The Morgan fingerprint density at radius 1 is 0.673 bits per heavy atom. The van der Waals surface area contributed by atoms with Crippen LogP contribution in [0, 0.1) is 11.6 Å². The zero-order chi connectivity index (χ0) is 36.7. The van der Waals surface area contributed by atoms with Gasteiger partial charge in [-0.25, -0.2) is 8.78 Å². The first kappa shape index (κ1) is 36.1. The van der Waals surface area contributed by atoms with Crippen molar-refractivity contribution in [2.45, 2.75) is 19.0 Å². The van der Waals surface area contributed by atoms with E-state index in [0.29, 0.717) is 16.6 Å². The summed E-state index contributed by atoms with van der Waals surface area (Å²) in [6, 6.07) is 41.5. The van der Waals surface area contributed by atoms with Crippen LogP contribution in [0.4, 0.5) is 22.0 Å². The largest absolute Gasteiger partial charge is 0.432 e. The number of hydrogen-bond acceptors (Lipinski definition) is 3. The number of halogens is 5. The van der Waals surface area contributed by atoms with Gasteiger partial charge in [-0.2, -0.15) is 18.3 Å². The molecule has 7 aromatic rings. The Morgan fingerprint density at radius 3 is 1.90 bits per heavy atom. The zero-order valence-electron chi connectivity index (χ0n) is 27.4. The van der Waals surface area contributed by atoms with Gasteiger partial charge < -0.3 is 4.89 Å². The molecular formula is C41H31F5N3O2P. The predicted octanol–water partition coefficient (Wildman–Crippen LogP) is 9.53. The van der Waals surface area contributed by atoms with Crippen LogP contribution in [0.2, 0.25) is 0 Å². The van der Waals surface area contributed by atoms with Gasteiger partial charge in [0.15, 0.2) is 0 Å². The lowest BCUT2D eigenvalue weighted by molar-refractivity contribution is -0.141. The number of hydrogen-bond donors (Lipinski definition) is 2. The smallest absolute Gasteiger partial charge is 0.338 e. The number of H-pyrrole nitrogens is 1. The van der Waals surface area contributed by atoms with E-state index >= 15 is 0 Å². The molecule has 52 heavy (non-hydrogen) atoms. The number of pyridine rings is 1. The van der Waals surface area contributed by atoms with Crippen LogP contribution >= 0.6 is 7.37 Å². The molecule has 0 bridgehead atoms. The number of aromatic amines is 1. The fourth-order valence-electron chi connectivity index (χ4n) is 5.79. The van der Waals surface area contributed by atoms with Crippen LogP contribution in [-0.4, -0.2) is 20.1 Å². The molecule has 0 spiro atoms. The molecule has 0 amide bonds. The number of nitrogens with zero attached hydrogens (tertiary/aromatic N) is 2. The number of aromatic nitrogens is 3. The Kier molecular flexibility index (Phi) is 10.9. The Labute approximate surface area is 296 Å². The summed E-state index contributed by atoms with van der Waals surface area (Å²) in [5.74, 6) is -1.32. The Bertz CT molecular complexity index is 2290. The van der Waals surface area contributed by atoms with Crippen molar-refractivity contribution >= 4 is 18.0 Å². The lowest BCUT2D eigenvalue weighted by Crippen LogP contribution is -2.19. The number of fused-ring (bicyclic) bond motifs is 3.